The third kappa shape index (κ3) is 3.68. The minimum absolute atomic E-state index is 0.617. The van der Waals surface area contributed by atoms with Crippen LogP contribution in [0.3, 0.4) is 0 Å². The second-order valence-corrected chi connectivity index (χ2v) is 6.79. The van der Waals surface area contributed by atoms with Crippen molar-refractivity contribution in [2.45, 2.75) is 25.4 Å². The molecule has 3 aliphatic rings. The molecule has 0 amide bonds. The summed E-state index contributed by atoms with van der Waals surface area (Å²) in [6.45, 7) is 8.11. The Bertz CT molecular complexity index is 516. The molecule has 1 unspecified atom stereocenters. The molecule has 4 rings (SSSR count). The van der Waals surface area contributed by atoms with Crippen molar-refractivity contribution in [3.8, 4) is 0 Å². The van der Waals surface area contributed by atoms with Gasteiger partial charge in [-0.25, -0.2) is 0 Å². The summed E-state index contributed by atoms with van der Waals surface area (Å²) in [7, 11) is 0. The highest BCUT2D eigenvalue weighted by atomic mass is 32.1. The molecular formula is C18H25N3S. The molecule has 22 heavy (non-hydrogen) atoms. The van der Waals surface area contributed by atoms with Crippen LogP contribution in [0.4, 0.5) is 0 Å². The largest absolute Gasteiger partial charge is 0.361 e. The molecule has 2 bridgehead atoms. The van der Waals surface area contributed by atoms with Crippen LogP contribution < -0.4 is 10.6 Å². The first-order chi connectivity index (χ1) is 10.8. The lowest BCUT2D eigenvalue weighted by atomic mass is 9.76. The highest BCUT2D eigenvalue weighted by molar-refractivity contribution is 7.80. The second-order valence-electron chi connectivity index (χ2n) is 6.38. The Morgan fingerprint density at radius 3 is 2.82 bits per heavy atom. The van der Waals surface area contributed by atoms with Gasteiger partial charge in [-0.2, -0.15) is 0 Å². The van der Waals surface area contributed by atoms with Crippen molar-refractivity contribution in [1.82, 2.24) is 15.5 Å². The van der Waals surface area contributed by atoms with Crippen LogP contribution in [-0.2, 0) is 6.54 Å². The zero-order valence-corrected chi connectivity index (χ0v) is 13.8. The first kappa shape index (κ1) is 15.5. The topological polar surface area (TPSA) is 27.3 Å². The predicted octanol–water partition coefficient (Wildman–Crippen LogP) is 2.55. The molecule has 3 aliphatic heterocycles. The van der Waals surface area contributed by atoms with Crippen molar-refractivity contribution in [2.75, 3.05) is 19.6 Å². The fourth-order valence-electron chi connectivity index (χ4n) is 3.71. The Hall–Kier alpha value is -1.39. The lowest BCUT2D eigenvalue weighted by molar-refractivity contribution is 0.0215. The van der Waals surface area contributed by atoms with Gasteiger partial charge in [0.05, 0.1) is 0 Å². The molecule has 3 saturated heterocycles. The lowest BCUT2D eigenvalue weighted by Crippen LogP contribution is -2.56. The van der Waals surface area contributed by atoms with Gasteiger partial charge in [-0.05, 0) is 49.0 Å². The maximum atomic E-state index is 5.40. The fourth-order valence-corrected chi connectivity index (χ4v) is 3.87. The minimum Gasteiger partial charge on any atom is -0.361 e. The number of hydrogen-bond donors (Lipinski definition) is 2. The van der Waals surface area contributed by atoms with Crippen LogP contribution in [-0.4, -0.2) is 35.7 Å². The van der Waals surface area contributed by atoms with Crippen molar-refractivity contribution in [2.24, 2.45) is 11.8 Å². The minimum atomic E-state index is 0.617. The van der Waals surface area contributed by atoms with E-state index in [4.69, 9.17) is 12.2 Å². The Kier molecular flexibility index (Phi) is 5.11. The third-order valence-electron chi connectivity index (χ3n) is 5.03. The molecule has 3 fully saturated rings. The normalized spacial score (nSPS) is 29.8. The highest BCUT2D eigenvalue weighted by Crippen LogP contribution is 2.36. The van der Waals surface area contributed by atoms with Crippen molar-refractivity contribution in [3.63, 3.8) is 0 Å². The van der Waals surface area contributed by atoms with Crippen LogP contribution in [0.1, 0.15) is 18.4 Å². The summed E-state index contributed by atoms with van der Waals surface area (Å²) in [4.78, 5) is 2.60. The molecule has 0 aromatic heterocycles. The molecule has 3 nitrogen and oxygen atoms in total. The van der Waals surface area contributed by atoms with Crippen molar-refractivity contribution in [1.29, 1.82) is 0 Å². The number of thiocarbonyl (C=S) groups is 1. The molecule has 4 heteroatoms. The molecule has 1 aromatic rings. The summed E-state index contributed by atoms with van der Waals surface area (Å²) in [5.41, 5.74) is 1.25. The summed E-state index contributed by atoms with van der Waals surface area (Å²) in [5.74, 6) is 1.51. The zero-order chi connectivity index (χ0) is 15.4. The van der Waals surface area contributed by atoms with Gasteiger partial charge in [0, 0.05) is 25.7 Å². The maximum absolute atomic E-state index is 5.40. The van der Waals surface area contributed by atoms with Gasteiger partial charge >= 0.3 is 0 Å². The van der Waals surface area contributed by atoms with Crippen molar-refractivity contribution in [3.05, 3.63) is 48.6 Å². The van der Waals surface area contributed by atoms with Crippen LogP contribution >= 0.6 is 12.2 Å². The molecule has 0 aliphatic carbocycles. The van der Waals surface area contributed by atoms with E-state index in [9.17, 15) is 0 Å². The van der Waals surface area contributed by atoms with Gasteiger partial charge in [0.1, 0.15) is 0 Å². The van der Waals surface area contributed by atoms with Gasteiger partial charge in [0.15, 0.2) is 5.11 Å². The standard InChI is InChI=1S/C18H25N3S/c1-2-15-13-21-9-8-16(15)10-17(21)12-20-18(22)19-11-14-6-4-3-5-7-14/h2-7,15-17H,1,8-13H2,(H2,19,20,22)/t15-,16-,17+/m0/s1. The number of hydrogen-bond acceptors (Lipinski definition) is 2. The first-order valence-corrected chi connectivity index (χ1v) is 8.59. The monoisotopic (exact) mass is 315 g/mol. The molecule has 1 aromatic carbocycles. The summed E-state index contributed by atoms with van der Waals surface area (Å²) >= 11 is 5.40. The van der Waals surface area contributed by atoms with E-state index in [1.165, 1.54) is 31.5 Å². The van der Waals surface area contributed by atoms with E-state index >= 15 is 0 Å². The molecule has 0 radical (unpaired) electrons. The maximum Gasteiger partial charge on any atom is 0.166 e. The van der Waals surface area contributed by atoms with Gasteiger partial charge in [-0.1, -0.05) is 36.4 Å². The number of nitrogens with one attached hydrogen (secondary N) is 2. The van der Waals surface area contributed by atoms with Crippen LogP contribution in [0.15, 0.2) is 43.0 Å². The molecule has 3 heterocycles. The van der Waals surface area contributed by atoms with Crippen LogP contribution in [0.25, 0.3) is 0 Å². The third-order valence-corrected chi connectivity index (χ3v) is 5.31. The molecule has 2 N–H and O–H groups in total. The van der Waals surface area contributed by atoms with E-state index in [1.54, 1.807) is 0 Å². The number of rotatable bonds is 5. The smallest absolute Gasteiger partial charge is 0.166 e. The molecule has 0 saturated carbocycles. The average Bonchev–Trinajstić information content (AvgIpc) is 2.59. The molecule has 0 spiro atoms. The van der Waals surface area contributed by atoms with Crippen LogP contribution in [0.2, 0.25) is 0 Å². The van der Waals surface area contributed by atoms with Crippen molar-refractivity contribution < 1.29 is 0 Å². The Balaban J connectivity index is 1.41. The average molecular weight is 315 g/mol. The number of piperidine rings is 3. The lowest BCUT2D eigenvalue weighted by Gasteiger charge is -2.49. The van der Waals surface area contributed by atoms with Gasteiger partial charge in [0.2, 0.25) is 0 Å². The Morgan fingerprint density at radius 2 is 2.14 bits per heavy atom. The Labute approximate surface area is 138 Å². The fraction of sp³-hybridized carbons (Fsp3) is 0.500. The van der Waals surface area contributed by atoms with E-state index in [0.29, 0.717) is 12.0 Å². The number of benzene rings is 1. The van der Waals surface area contributed by atoms with Gasteiger partial charge < -0.3 is 10.6 Å². The summed E-state index contributed by atoms with van der Waals surface area (Å²) < 4.78 is 0. The van der Waals surface area contributed by atoms with Crippen molar-refractivity contribution >= 4 is 17.3 Å². The van der Waals surface area contributed by atoms with Gasteiger partial charge in [-0.3, -0.25) is 4.90 Å². The predicted molar refractivity (Wildman–Crippen MR) is 95.7 cm³/mol. The SMILES string of the molecule is C=C[C@H]1CN2CC[C@H]1C[C@@H]2CNC(=S)NCc1ccccc1. The summed E-state index contributed by atoms with van der Waals surface area (Å²) in [6, 6.07) is 11.0. The van der Waals surface area contributed by atoms with E-state index in [2.05, 4.69) is 52.5 Å². The second kappa shape index (κ2) is 7.25. The van der Waals surface area contributed by atoms with Gasteiger partial charge in [0.25, 0.3) is 0 Å². The quantitative estimate of drug-likeness (QED) is 0.645. The zero-order valence-electron chi connectivity index (χ0n) is 13.0. The molecule has 4 atom stereocenters. The summed E-state index contributed by atoms with van der Waals surface area (Å²) in [6.07, 6.45) is 4.74. The van der Waals surface area contributed by atoms with Crippen LogP contribution in [0.5, 0.6) is 0 Å². The van der Waals surface area contributed by atoms with E-state index < -0.39 is 0 Å². The van der Waals surface area contributed by atoms with E-state index in [-0.39, 0.29) is 0 Å². The Morgan fingerprint density at radius 1 is 1.32 bits per heavy atom. The number of nitrogens with zero attached hydrogens (tertiary/aromatic N) is 1. The first-order valence-electron chi connectivity index (χ1n) is 8.18. The van der Waals surface area contributed by atoms with E-state index in [0.717, 1.165) is 24.1 Å². The van der Waals surface area contributed by atoms with E-state index in [1.807, 2.05) is 6.07 Å². The summed E-state index contributed by atoms with van der Waals surface area (Å²) in [5, 5.41) is 7.44. The highest BCUT2D eigenvalue weighted by Gasteiger charge is 2.38. The van der Waals surface area contributed by atoms with Gasteiger partial charge in [-0.15, -0.1) is 6.58 Å². The van der Waals surface area contributed by atoms with Crippen LogP contribution in [0, 0.1) is 11.8 Å². The molecule has 118 valence electrons. The number of fused-ring (bicyclic) bond motifs is 3. The molecular weight excluding hydrogens is 290 g/mol.